The van der Waals surface area contributed by atoms with Gasteiger partial charge in [-0.15, -0.1) is 0 Å². The monoisotopic (exact) mass is 235 g/mol. The van der Waals surface area contributed by atoms with Crippen molar-refractivity contribution in [2.45, 2.75) is 26.1 Å². The molecule has 0 saturated carbocycles. The van der Waals surface area contributed by atoms with Gasteiger partial charge in [-0.25, -0.2) is 0 Å². The van der Waals surface area contributed by atoms with Gasteiger partial charge in [-0.05, 0) is 35.9 Å². The molecule has 3 N–H and O–H groups in total. The van der Waals surface area contributed by atoms with Gasteiger partial charge in [0.15, 0.2) is 11.5 Å². The lowest BCUT2D eigenvalue weighted by atomic mass is 9.62. The third kappa shape index (κ3) is 1.89. The molecule has 0 amide bonds. The summed E-state index contributed by atoms with van der Waals surface area (Å²) in [5, 5.41) is 9.86. The van der Waals surface area contributed by atoms with Crippen LogP contribution in [0.1, 0.15) is 25.3 Å². The smallest absolute Gasteiger partial charge is 0.324 e. The van der Waals surface area contributed by atoms with Crippen molar-refractivity contribution in [3.05, 3.63) is 17.7 Å². The van der Waals surface area contributed by atoms with Crippen LogP contribution >= 0.6 is 0 Å². The van der Waals surface area contributed by atoms with E-state index in [0.717, 1.165) is 22.5 Å². The van der Waals surface area contributed by atoms with Gasteiger partial charge < -0.3 is 20.2 Å². The standard InChI is InChI=1S/C10H12BNO3.C2H6/c12-4-6-3-11(13)7-1-2-8-10(9(6)7)15-5-14-8;1-2/h1-2,6,13H,3-5,12H2;1-2H3. The van der Waals surface area contributed by atoms with Crippen LogP contribution in [0.2, 0.25) is 6.32 Å². The molecule has 2 aliphatic rings. The lowest BCUT2D eigenvalue weighted by molar-refractivity contribution is 0.173. The predicted molar refractivity (Wildman–Crippen MR) is 68.1 cm³/mol. The van der Waals surface area contributed by atoms with Crippen LogP contribution in [0, 0.1) is 0 Å². The summed E-state index contributed by atoms with van der Waals surface area (Å²) in [6.45, 7) is 4.38. The number of benzene rings is 1. The molecule has 1 unspecified atom stereocenters. The summed E-state index contributed by atoms with van der Waals surface area (Å²) >= 11 is 0. The Morgan fingerprint density at radius 1 is 1.41 bits per heavy atom. The molecule has 1 aromatic carbocycles. The highest BCUT2D eigenvalue weighted by Crippen LogP contribution is 2.42. The lowest BCUT2D eigenvalue weighted by Crippen LogP contribution is -2.25. The average Bonchev–Trinajstić information content (AvgIpc) is 2.95. The van der Waals surface area contributed by atoms with E-state index in [1.807, 2.05) is 26.0 Å². The van der Waals surface area contributed by atoms with Crippen molar-refractivity contribution in [1.29, 1.82) is 0 Å². The fourth-order valence-electron chi connectivity index (χ4n) is 2.45. The normalized spacial score (nSPS) is 19.8. The van der Waals surface area contributed by atoms with Gasteiger partial charge in [0, 0.05) is 0 Å². The highest BCUT2D eigenvalue weighted by Gasteiger charge is 2.37. The molecule has 92 valence electrons. The van der Waals surface area contributed by atoms with Crippen molar-refractivity contribution >= 4 is 12.4 Å². The molecule has 3 rings (SSSR count). The largest absolute Gasteiger partial charge is 0.454 e. The number of rotatable bonds is 1. The van der Waals surface area contributed by atoms with E-state index in [1.54, 1.807) is 0 Å². The first kappa shape index (κ1) is 12.3. The van der Waals surface area contributed by atoms with Gasteiger partial charge >= 0.3 is 6.92 Å². The molecule has 0 aromatic heterocycles. The number of hydrogen-bond acceptors (Lipinski definition) is 4. The molecule has 0 fully saturated rings. The summed E-state index contributed by atoms with van der Waals surface area (Å²) in [6.07, 6.45) is 0.686. The Labute approximate surface area is 102 Å². The Morgan fingerprint density at radius 2 is 2.18 bits per heavy atom. The summed E-state index contributed by atoms with van der Waals surface area (Å²) < 4.78 is 10.7. The maximum absolute atomic E-state index is 9.86. The van der Waals surface area contributed by atoms with E-state index in [0.29, 0.717) is 12.9 Å². The van der Waals surface area contributed by atoms with E-state index >= 15 is 0 Å². The van der Waals surface area contributed by atoms with Crippen LogP contribution in [0.5, 0.6) is 11.5 Å². The second-order valence-corrected chi connectivity index (χ2v) is 3.99. The Balaban J connectivity index is 0.000000514. The maximum Gasteiger partial charge on any atom is 0.324 e. The Hall–Kier alpha value is -1.20. The minimum atomic E-state index is -0.414. The molecule has 1 aromatic rings. The van der Waals surface area contributed by atoms with Crippen LogP contribution in [0.15, 0.2) is 12.1 Å². The van der Waals surface area contributed by atoms with E-state index < -0.39 is 6.92 Å². The minimum Gasteiger partial charge on any atom is -0.454 e. The van der Waals surface area contributed by atoms with E-state index in [1.165, 1.54) is 0 Å². The quantitative estimate of drug-likeness (QED) is 0.703. The van der Waals surface area contributed by atoms with Gasteiger partial charge in [-0.3, -0.25) is 0 Å². The number of nitrogens with two attached hydrogens (primary N) is 1. The summed E-state index contributed by atoms with van der Waals surface area (Å²) in [5.41, 5.74) is 7.68. The second kappa shape index (κ2) is 4.98. The summed E-state index contributed by atoms with van der Waals surface area (Å²) in [7, 11) is 0. The molecule has 1 atom stereocenters. The number of ether oxygens (including phenoxy) is 2. The molecule has 2 heterocycles. The van der Waals surface area contributed by atoms with Gasteiger partial charge in [0.1, 0.15) is 0 Å². The Kier molecular flexibility index (Phi) is 3.59. The molecule has 17 heavy (non-hydrogen) atoms. The molecule has 0 bridgehead atoms. The zero-order valence-electron chi connectivity index (χ0n) is 10.3. The van der Waals surface area contributed by atoms with Crippen molar-refractivity contribution in [3.8, 4) is 11.5 Å². The van der Waals surface area contributed by atoms with Crippen molar-refractivity contribution in [1.82, 2.24) is 0 Å². The second-order valence-electron chi connectivity index (χ2n) is 3.99. The predicted octanol–water partition coefficient (Wildman–Crippen LogP) is 0.688. The SMILES string of the molecule is CC.NCC1CB(O)c2ccc3c(c21)OCO3. The number of fused-ring (bicyclic) bond motifs is 3. The molecule has 4 nitrogen and oxygen atoms in total. The van der Waals surface area contributed by atoms with Crippen LogP contribution in [0.25, 0.3) is 0 Å². The van der Waals surface area contributed by atoms with Crippen molar-refractivity contribution in [3.63, 3.8) is 0 Å². The van der Waals surface area contributed by atoms with Crippen LogP contribution in [0.4, 0.5) is 0 Å². The molecule has 5 heteroatoms. The Morgan fingerprint density at radius 3 is 2.88 bits per heavy atom. The molecule has 0 saturated heterocycles. The Bertz CT molecular complexity index is 411. The first-order valence-electron chi connectivity index (χ1n) is 6.11. The van der Waals surface area contributed by atoms with Crippen molar-refractivity contribution < 1.29 is 14.5 Å². The first-order valence-corrected chi connectivity index (χ1v) is 6.11. The summed E-state index contributed by atoms with van der Waals surface area (Å²) in [4.78, 5) is 0. The summed E-state index contributed by atoms with van der Waals surface area (Å²) in [6, 6.07) is 3.76. The highest BCUT2D eigenvalue weighted by molar-refractivity contribution is 6.68. The van der Waals surface area contributed by atoms with E-state index in [-0.39, 0.29) is 12.7 Å². The molecule has 0 spiro atoms. The molecular weight excluding hydrogens is 217 g/mol. The van der Waals surface area contributed by atoms with Gasteiger partial charge in [0.2, 0.25) is 6.79 Å². The lowest BCUT2D eigenvalue weighted by Gasteiger charge is -2.10. The third-order valence-corrected chi connectivity index (χ3v) is 3.17. The molecule has 0 aliphatic carbocycles. The molecular formula is C12H18BNO3. The van der Waals surface area contributed by atoms with Crippen LogP contribution < -0.4 is 20.7 Å². The van der Waals surface area contributed by atoms with Crippen molar-refractivity contribution in [2.24, 2.45) is 5.73 Å². The highest BCUT2D eigenvalue weighted by atomic mass is 16.7. The first-order chi connectivity index (χ1) is 8.31. The van der Waals surface area contributed by atoms with Crippen LogP contribution in [-0.4, -0.2) is 25.3 Å². The molecule has 2 aliphatic heterocycles. The van der Waals surface area contributed by atoms with Gasteiger partial charge in [0.05, 0.1) is 0 Å². The average molecular weight is 235 g/mol. The van der Waals surface area contributed by atoms with Crippen LogP contribution in [-0.2, 0) is 0 Å². The molecule has 0 radical (unpaired) electrons. The maximum atomic E-state index is 9.86. The van der Waals surface area contributed by atoms with E-state index in [2.05, 4.69) is 0 Å². The van der Waals surface area contributed by atoms with E-state index in [9.17, 15) is 5.02 Å². The van der Waals surface area contributed by atoms with Gasteiger partial charge in [-0.1, -0.05) is 19.9 Å². The van der Waals surface area contributed by atoms with Gasteiger partial charge in [0.25, 0.3) is 0 Å². The topological polar surface area (TPSA) is 64.7 Å². The number of hydrogen-bond donors (Lipinski definition) is 2. The van der Waals surface area contributed by atoms with Gasteiger partial charge in [-0.2, -0.15) is 0 Å². The zero-order valence-corrected chi connectivity index (χ0v) is 10.3. The zero-order chi connectivity index (χ0) is 12.4. The van der Waals surface area contributed by atoms with Crippen molar-refractivity contribution in [2.75, 3.05) is 13.3 Å². The summed E-state index contributed by atoms with van der Waals surface area (Å²) in [5.74, 6) is 1.73. The fraction of sp³-hybridized carbons (Fsp3) is 0.500. The third-order valence-electron chi connectivity index (χ3n) is 3.17. The van der Waals surface area contributed by atoms with Crippen LogP contribution in [0.3, 0.4) is 0 Å². The minimum absolute atomic E-state index is 0.187. The van der Waals surface area contributed by atoms with E-state index in [4.69, 9.17) is 15.2 Å². The fourth-order valence-corrected chi connectivity index (χ4v) is 2.45.